The van der Waals surface area contributed by atoms with Gasteiger partial charge < -0.3 is 4.90 Å². The molecule has 7 heteroatoms. The van der Waals surface area contributed by atoms with E-state index in [9.17, 15) is 14.4 Å². The highest BCUT2D eigenvalue weighted by Gasteiger charge is 2.37. The SMILES string of the molecule is Cc1ccc(/C=C2\SC(=O)N(CC(=O)N3CCCCCC3)C2=O)s1. The summed E-state index contributed by atoms with van der Waals surface area (Å²) < 4.78 is 0. The van der Waals surface area contributed by atoms with Gasteiger partial charge in [0.2, 0.25) is 5.91 Å². The number of rotatable bonds is 3. The maximum atomic E-state index is 12.5. The van der Waals surface area contributed by atoms with Crippen LogP contribution in [0.4, 0.5) is 4.79 Å². The van der Waals surface area contributed by atoms with E-state index in [1.54, 1.807) is 22.3 Å². The Bertz CT molecular complexity index is 688. The molecule has 0 radical (unpaired) electrons. The summed E-state index contributed by atoms with van der Waals surface area (Å²) in [6, 6.07) is 3.90. The van der Waals surface area contributed by atoms with Gasteiger partial charge >= 0.3 is 0 Å². The number of carbonyl (C=O) groups is 3. The minimum atomic E-state index is -0.362. The molecule has 5 nitrogen and oxygen atoms in total. The summed E-state index contributed by atoms with van der Waals surface area (Å²) in [7, 11) is 0. The number of nitrogens with zero attached hydrogens (tertiary/aromatic N) is 2. The van der Waals surface area contributed by atoms with Crippen LogP contribution in [-0.4, -0.2) is 46.5 Å². The van der Waals surface area contributed by atoms with Crippen LogP contribution in [0.25, 0.3) is 6.08 Å². The van der Waals surface area contributed by atoms with Gasteiger partial charge in [0.1, 0.15) is 6.54 Å². The smallest absolute Gasteiger partial charge is 0.294 e. The lowest BCUT2D eigenvalue weighted by Gasteiger charge is -2.22. The second kappa shape index (κ2) is 7.53. The van der Waals surface area contributed by atoms with Crippen molar-refractivity contribution < 1.29 is 14.4 Å². The van der Waals surface area contributed by atoms with Gasteiger partial charge in [-0.25, -0.2) is 0 Å². The summed E-state index contributed by atoms with van der Waals surface area (Å²) in [4.78, 5) is 42.4. The first-order valence-electron chi connectivity index (χ1n) is 8.14. The van der Waals surface area contributed by atoms with Crippen molar-refractivity contribution in [3.8, 4) is 0 Å². The molecule has 3 heterocycles. The van der Waals surface area contributed by atoms with E-state index in [2.05, 4.69) is 0 Å². The Kier molecular flexibility index (Phi) is 5.40. The topological polar surface area (TPSA) is 57.7 Å². The second-order valence-corrected chi connectivity index (χ2v) is 8.32. The molecule has 3 rings (SSSR count). The molecular weight excluding hydrogens is 344 g/mol. The first kappa shape index (κ1) is 17.2. The van der Waals surface area contributed by atoms with Crippen LogP contribution < -0.4 is 0 Å². The standard InChI is InChI=1S/C17H20N2O3S2/c1-12-6-7-13(23-12)10-14-16(21)19(17(22)24-14)11-15(20)18-8-4-2-3-5-9-18/h6-7,10H,2-5,8-9,11H2,1H3/b14-10-. The zero-order valence-corrected chi connectivity index (χ0v) is 15.3. The normalized spacial score (nSPS) is 20.8. The Morgan fingerprint density at radius 1 is 1.17 bits per heavy atom. The molecule has 128 valence electrons. The molecule has 2 saturated heterocycles. The van der Waals surface area contributed by atoms with Gasteiger partial charge in [-0.3, -0.25) is 19.3 Å². The quantitative estimate of drug-likeness (QED) is 0.771. The van der Waals surface area contributed by atoms with Crippen molar-refractivity contribution in [2.75, 3.05) is 19.6 Å². The van der Waals surface area contributed by atoms with E-state index in [4.69, 9.17) is 0 Å². The van der Waals surface area contributed by atoms with Gasteiger partial charge in [0.25, 0.3) is 11.1 Å². The summed E-state index contributed by atoms with van der Waals surface area (Å²) in [5.41, 5.74) is 0. The molecule has 2 fully saturated rings. The number of carbonyl (C=O) groups excluding carboxylic acids is 3. The Morgan fingerprint density at radius 2 is 1.88 bits per heavy atom. The number of imide groups is 1. The first-order valence-corrected chi connectivity index (χ1v) is 9.77. The number of amides is 3. The van der Waals surface area contributed by atoms with E-state index in [1.165, 1.54) is 0 Å². The highest BCUT2D eigenvalue weighted by Crippen LogP contribution is 2.33. The van der Waals surface area contributed by atoms with Crippen LogP contribution in [0.1, 0.15) is 35.4 Å². The van der Waals surface area contributed by atoms with Crippen LogP contribution in [0, 0.1) is 6.92 Å². The van der Waals surface area contributed by atoms with Crippen LogP contribution in [-0.2, 0) is 9.59 Å². The second-order valence-electron chi connectivity index (χ2n) is 6.01. The summed E-state index contributed by atoms with van der Waals surface area (Å²) in [6.07, 6.45) is 5.98. The molecule has 0 spiro atoms. The molecule has 0 atom stereocenters. The maximum Gasteiger partial charge on any atom is 0.294 e. The van der Waals surface area contributed by atoms with Gasteiger partial charge in [-0.05, 0) is 49.7 Å². The van der Waals surface area contributed by atoms with Gasteiger partial charge in [-0.1, -0.05) is 12.8 Å². The maximum absolute atomic E-state index is 12.5. The number of hydrogen-bond acceptors (Lipinski definition) is 5. The highest BCUT2D eigenvalue weighted by molar-refractivity contribution is 8.18. The van der Waals surface area contributed by atoms with Crippen molar-refractivity contribution in [2.45, 2.75) is 32.6 Å². The molecular formula is C17H20N2O3S2. The lowest BCUT2D eigenvalue weighted by atomic mass is 10.2. The molecule has 3 amide bonds. The van der Waals surface area contributed by atoms with Crippen molar-refractivity contribution in [3.63, 3.8) is 0 Å². The fraction of sp³-hybridized carbons (Fsp3) is 0.471. The van der Waals surface area contributed by atoms with Crippen molar-refractivity contribution in [3.05, 3.63) is 26.8 Å². The third-order valence-corrected chi connectivity index (χ3v) is 6.02. The number of thioether (sulfide) groups is 1. The van der Waals surface area contributed by atoms with E-state index in [0.29, 0.717) is 4.91 Å². The fourth-order valence-corrected chi connectivity index (χ4v) is 4.58. The Hall–Kier alpha value is -1.60. The predicted octanol–water partition coefficient (Wildman–Crippen LogP) is 3.50. The summed E-state index contributed by atoms with van der Waals surface area (Å²) in [6.45, 7) is 3.29. The van der Waals surface area contributed by atoms with E-state index in [-0.39, 0.29) is 23.6 Å². The number of likely N-dealkylation sites (tertiary alicyclic amines) is 1. The Labute approximate surface area is 149 Å². The Morgan fingerprint density at radius 3 is 2.50 bits per heavy atom. The van der Waals surface area contributed by atoms with Gasteiger partial charge in [0.15, 0.2) is 0 Å². The van der Waals surface area contributed by atoms with Crippen molar-refractivity contribution >= 4 is 46.2 Å². The molecule has 2 aliphatic heterocycles. The van der Waals surface area contributed by atoms with Gasteiger partial charge in [-0.15, -0.1) is 11.3 Å². The fourth-order valence-electron chi connectivity index (χ4n) is 2.85. The van der Waals surface area contributed by atoms with Crippen LogP contribution in [0.15, 0.2) is 17.0 Å². The minimum Gasteiger partial charge on any atom is -0.341 e. The largest absolute Gasteiger partial charge is 0.341 e. The van der Waals surface area contributed by atoms with Crippen LogP contribution in [0.5, 0.6) is 0 Å². The van der Waals surface area contributed by atoms with Crippen LogP contribution in [0.2, 0.25) is 0 Å². The number of hydrogen-bond donors (Lipinski definition) is 0. The van der Waals surface area contributed by atoms with Crippen molar-refractivity contribution in [1.29, 1.82) is 0 Å². The molecule has 1 aromatic rings. The zero-order chi connectivity index (χ0) is 17.1. The Balaban J connectivity index is 1.67. The average Bonchev–Trinajstić information content (AvgIpc) is 2.94. The third kappa shape index (κ3) is 3.89. The monoisotopic (exact) mass is 364 g/mol. The van der Waals surface area contributed by atoms with Crippen LogP contribution >= 0.6 is 23.1 Å². The molecule has 0 unspecified atom stereocenters. The molecule has 0 aliphatic carbocycles. The van der Waals surface area contributed by atoms with Crippen molar-refractivity contribution in [2.24, 2.45) is 0 Å². The number of aryl methyl sites for hydroxylation is 1. The first-order chi connectivity index (χ1) is 11.5. The molecule has 0 bridgehead atoms. The lowest BCUT2D eigenvalue weighted by molar-refractivity contribution is -0.135. The molecule has 0 saturated carbocycles. The molecule has 0 aromatic carbocycles. The van der Waals surface area contributed by atoms with Crippen LogP contribution in [0.3, 0.4) is 0 Å². The molecule has 1 aromatic heterocycles. The van der Waals surface area contributed by atoms with Gasteiger partial charge in [0.05, 0.1) is 4.91 Å². The molecule has 0 N–H and O–H groups in total. The average molecular weight is 364 g/mol. The summed E-state index contributed by atoms with van der Waals surface area (Å²) >= 11 is 2.48. The number of thiophene rings is 1. The summed E-state index contributed by atoms with van der Waals surface area (Å²) in [5, 5.41) is -0.359. The third-order valence-electron chi connectivity index (χ3n) is 4.16. The van der Waals surface area contributed by atoms with E-state index >= 15 is 0 Å². The molecule has 24 heavy (non-hydrogen) atoms. The predicted molar refractivity (Wildman–Crippen MR) is 96.8 cm³/mol. The van der Waals surface area contributed by atoms with E-state index < -0.39 is 0 Å². The van der Waals surface area contributed by atoms with E-state index in [1.807, 2.05) is 19.1 Å². The zero-order valence-electron chi connectivity index (χ0n) is 13.6. The minimum absolute atomic E-state index is 0.132. The van der Waals surface area contributed by atoms with Crippen molar-refractivity contribution in [1.82, 2.24) is 9.80 Å². The van der Waals surface area contributed by atoms with E-state index in [0.717, 1.165) is 65.2 Å². The lowest BCUT2D eigenvalue weighted by Crippen LogP contribution is -2.42. The molecule has 2 aliphatic rings. The van der Waals surface area contributed by atoms with Gasteiger partial charge in [-0.2, -0.15) is 0 Å². The highest BCUT2D eigenvalue weighted by atomic mass is 32.2. The summed E-state index contributed by atoms with van der Waals surface area (Å²) in [5.74, 6) is -0.494. The van der Waals surface area contributed by atoms with Gasteiger partial charge in [0, 0.05) is 22.8 Å².